The van der Waals surface area contributed by atoms with Crippen LogP contribution in [0.5, 0.6) is 0 Å². The average Bonchev–Trinajstić information content (AvgIpc) is 2.65. The van der Waals surface area contributed by atoms with E-state index in [2.05, 4.69) is 31.0 Å². The van der Waals surface area contributed by atoms with Crippen LogP contribution in [0, 0.1) is 17.3 Å². The Balaban J connectivity index is 2.50. The van der Waals surface area contributed by atoms with Crippen LogP contribution in [0.1, 0.15) is 59.3 Å². The largest absolute Gasteiger partial charge is 0.314 e. The summed E-state index contributed by atoms with van der Waals surface area (Å²) >= 11 is 0. The molecule has 0 aromatic rings. The highest BCUT2D eigenvalue weighted by Crippen LogP contribution is 2.41. The molecule has 0 aliphatic heterocycles. The van der Waals surface area contributed by atoms with E-state index in [4.69, 9.17) is 0 Å². The molecule has 1 nitrogen and oxygen atoms in total. The summed E-state index contributed by atoms with van der Waals surface area (Å²) in [6, 6.07) is 0.672. The molecular weight excluding hydrogens is 182 g/mol. The average molecular weight is 207 g/mol. The van der Waals surface area contributed by atoms with Gasteiger partial charge >= 0.3 is 0 Å². The molecule has 0 heterocycles. The van der Waals surface area contributed by atoms with E-state index in [1.165, 1.54) is 32.1 Å². The predicted octanol–water partition coefficient (Wildman–Crippen LogP) is 3.35. The van der Waals surface area contributed by atoms with Gasteiger partial charge in [-0.1, -0.05) is 26.7 Å². The molecule has 86 valence electrons. The van der Waals surface area contributed by atoms with Crippen LogP contribution in [-0.4, -0.2) is 12.6 Å². The van der Waals surface area contributed by atoms with Crippen molar-refractivity contribution in [2.75, 3.05) is 6.54 Å². The van der Waals surface area contributed by atoms with Gasteiger partial charge in [-0.2, -0.15) is 0 Å². The maximum atomic E-state index is 3.66. The number of hydrogen-bond donors (Lipinski definition) is 1. The van der Waals surface area contributed by atoms with Crippen LogP contribution in [0.4, 0.5) is 0 Å². The zero-order valence-corrected chi connectivity index (χ0v) is 10.5. The van der Waals surface area contributed by atoms with Crippen LogP contribution in [0.3, 0.4) is 0 Å². The van der Waals surface area contributed by atoms with Gasteiger partial charge in [0, 0.05) is 12.5 Å². The summed E-state index contributed by atoms with van der Waals surface area (Å²) in [7, 11) is 0. The number of rotatable bonds is 5. The van der Waals surface area contributed by atoms with Crippen LogP contribution >= 0.6 is 0 Å². The maximum absolute atomic E-state index is 3.66. The molecule has 1 N–H and O–H groups in total. The van der Waals surface area contributed by atoms with Crippen molar-refractivity contribution in [1.29, 1.82) is 0 Å². The summed E-state index contributed by atoms with van der Waals surface area (Å²) < 4.78 is 0. The fourth-order valence-electron chi connectivity index (χ4n) is 2.82. The van der Waals surface area contributed by atoms with E-state index in [-0.39, 0.29) is 0 Å². The zero-order valence-electron chi connectivity index (χ0n) is 10.5. The first-order valence-corrected chi connectivity index (χ1v) is 6.36. The zero-order chi connectivity index (χ0) is 11.1. The van der Waals surface area contributed by atoms with E-state index in [1.807, 2.05) is 6.92 Å². The quantitative estimate of drug-likeness (QED) is 0.682. The third kappa shape index (κ3) is 3.54. The first-order valence-electron chi connectivity index (χ1n) is 6.36. The van der Waals surface area contributed by atoms with Gasteiger partial charge in [-0.25, -0.2) is 0 Å². The van der Waals surface area contributed by atoms with Gasteiger partial charge in [-0.3, -0.25) is 0 Å². The molecule has 1 aliphatic carbocycles. The highest BCUT2D eigenvalue weighted by molar-refractivity contribution is 4.98. The topological polar surface area (TPSA) is 12.0 Å². The van der Waals surface area contributed by atoms with Crippen molar-refractivity contribution in [1.82, 2.24) is 5.32 Å². The summed E-state index contributed by atoms with van der Waals surface area (Å²) in [4.78, 5) is 0. The normalized spacial score (nSPS) is 20.7. The van der Waals surface area contributed by atoms with Crippen LogP contribution in [-0.2, 0) is 0 Å². The van der Waals surface area contributed by atoms with Gasteiger partial charge < -0.3 is 5.32 Å². The minimum absolute atomic E-state index is 0.533. The lowest BCUT2D eigenvalue weighted by Gasteiger charge is -2.34. The highest BCUT2D eigenvalue weighted by atomic mass is 14.9. The Morgan fingerprint density at radius 1 is 1.33 bits per heavy atom. The van der Waals surface area contributed by atoms with Gasteiger partial charge in [-0.15, -0.1) is 11.8 Å². The van der Waals surface area contributed by atoms with Crippen molar-refractivity contribution >= 4 is 0 Å². The molecule has 1 atom stereocenters. The number of hydrogen-bond acceptors (Lipinski definition) is 1. The summed E-state index contributed by atoms with van der Waals surface area (Å²) in [5.41, 5.74) is 0.533. The second kappa shape index (κ2) is 6.18. The Hall–Kier alpha value is -0.480. The van der Waals surface area contributed by atoms with Crippen molar-refractivity contribution < 1.29 is 0 Å². The van der Waals surface area contributed by atoms with E-state index in [9.17, 15) is 0 Å². The second-order valence-electron chi connectivity index (χ2n) is 4.94. The molecule has 1 unspecified atom stereocenters. The van der Waals surface area contributed by atoms with Gasteiger partial charge in [0.15, 0.2) is 0 Å². The van der Waals surface area contributed by atoms with Crippen LogP contribution < -0.4 is 5.32 Å². The van der Waals surface area contributed by atoms with Gasteiger partial charge in [0.1, 0.15) is 0 Å². The van der Waals surface area contributed by atoms with Gasteiger partial charge in [0.25, 0.3) is 0 Å². The smallest absolute Gasteiger partial charge is 0.0130 e. The minimum atomic E-state index is 0.533. The fraction of sp³-hybridized carbons (Fsp3) is 0.857. The Morgan fingerprint density at radius 3 is 2.53 bits per heavy atom. The molecule has 0 bridgehead atoms. The minimum Gasteiger partial charge on any atom is -0.314 e. The van der Waals surface area contributed by atoms with E-state index < -0.39 is 0 Å². The predicted molar refractivity (Wildman–Crippen MR) is 66.7 cm³/mol. The lowest BCUT2D eigenvalue weighted by Crippen LogP contribution is -2.42. The summed E-state index contributed by atoms with van der Waals surface area (Å²) in [5.74, 6) is 6.18. The molecule has 0 aromatic carbocycles. The molecule has 1 aliphatic rings. The van der Waals surface area contributed by atoms with Crippen molar-refractivity contribution in [2.45, 2.75) is 65.3 Å². The molecule has 0 spiro atoms. The summed E-state index contributed by atoms with van der Waals surface area (Å²) in [6.45, 7) is 7.67. The van der Waals surface area contributed by atoms with Crippen LogP contribution in [0.15, 0.2) is 0 Å². The fourth-order valence-corrected chi connectivity index (χ4v) is 2.82. The first-order chi connectivity index (χ1) is 7.23. The summed E-state index contributed by atoms with van der Waals surface area (Å²) in [6.07, 6.45) is 7.87. The Kier molecular flexibility index (Phi) is 5.19. The van der Waals surface area contributed by atoms with Crippen molar-refractivity contribution in [3.63, 3.8) is 0 Å². The molecule has 0 radical (unpaired) electrons. The van der Waals surface area contributed by atoms with Crippen molar-refractivity contribution in [2.24, 2.45) is 5.41 Å². The highest BCUT2D eigenvalue weighted by Gasteiger charge is 2.35. The molecule has 1 saturated carbocycles. The van der Waals surface area contributed by atoms with E-state index in [0.717, 1.165) is 13.0 Å². The van der Waals surface area contributed by atoms with Gasteiger partial charge in [0.2, 0.25) is 0 Å². The number of nitrogens with one attached hydrogen (secondary N) is 1. The second-order valence-corrected chi connectivity index (χ2v) is 4.94. The molecule has 0 amide bonds. The SMILES string of the molecule is CC#CCCC(NCC)C1(C)CCCC1. The Morgan fingerprint density at radius 2 is 2.00 bits per heavy atom. The van der Waals surface area contributed by atoms with Crippen LogP contribution in [0.25, 0.3) is 0 Å². The van der Waals surface area contributed by atoms with E-state index in [1.54, 1.807) is 0 Å². The van der Waals surface area contributed by atoms with Gasteiger partial charge in [0.05, 0.1) is 0 Å². The Bertz CT molecular complexity index is 227. The molecule has 1 rings (SSSR count). The molecule has 1 heteroatoms. The third-order valence-corrected chi connectivity index (χ3v) is 3.77. The van der Waals surface area contributed by atoms with E-state index >= 15 is 0 Å². The summed E-state index contributed by atoms with van der Waals surface area (Å²) in [5, 5.41) is 3.66. The molecular formula is C14H25N. The van der Waals surface area contributed by atoms with Gasteiger partial charge in [-0.05, 0) is 38.1 Å². The van der Waals surface area contributed by atoms with Crippen LogP contribution in [0.2, 0.25) is 0 Å². The van der Waals surface area contributed by atoms with E-state index in [0.29, 0.717) is 11.5 Å². The third-order valence-electron chi connectivity index (χ3n) is 3.77. The molecule has 0 saturated heterocycles. The standard InChI is InChI=1S/C14H25N/c1-4-6-7-10-13(15-5-2)14(3)11-8-9-12-14/h13,15H,5,7-12H2,1-3H3. The van der Waals surface area contributed by atoms with Crippen molar-refractivity contribution in [3.8, 4) is 11.8 Å². The first kappa shape index (κ1) is 12.6. The maximum Gasteiger partial charge on any atom is 0.0130 e. The molecule has 1 fully saturated rings. The monoisotopic (exact) mass is 207 g/mol. The van der Waals surface area contributed by atoms with Crippen molar-refractivity contribution in [3.05, 3.63) is 0 Å². The molecule has 15 heavy (non-hydrogen) atoms. The molecule has 0 aromatic heterocycles. The lowest BCUT2D eigenvalue weighted by molar-refractivity contribution is 0.214. The Labute approximate surface area is 95.0 Å². The lowest BCUT2D eigenvalue weighted by atomic mass is 9.78.